The van der Waals surface area contributed by atoms with Crippen molar-refractivity contribution in [3.63, 3.8) is 0 Å². The lowest BCUT2D eigenvalue weighted by Gasteiger charge is -2.15. The van der Waals surface area contributed by atoms with Crippen molar-refractivity contribution in [1.82, 2.24) is 9.88 Å². The zero-order valence-electron chi connectivity index (χ0n) is 9.80. The molecule has 3 rings (SSSR count). The number of fused-ring (bicyclic) bond motifs is 1. The highest BCUT2D eigenvalue weighted by Gasteiger charge is 2.49. The summed E-state index contributed by atoms with van der Waals surface area (Å²) in [5, 5.41) is 0.569. The van der Waals surface area contributed by atoms with Gasteiger partial charge < -0.3 is 0 Å². The van der Waals surface area contributed by atoms with Gasteiger partial charge in [0.15, 0.2) is 0 Å². The Hall–Kier alpha value is -1.42. The summed E-state index contributed by atoms with van der Waals surface area (Å²) < 4.78 is 0. The van der Waals surface area contributed by atoms with E-state index in [0.29, 0.717) is 10.7 Å². The lowest BCUT2D eigenvalue weighted by molar-refractivity contribution is -0.141. The van der Waals surface area contributed by atoms with Gasteiger partial charge >= 0.3 is 0 Å². The summed E-state index contributed by atoms with van der Waals surface area (Å²) >= 11 is 5.87. The molecule has 2 aliphatic rings. The second-order valence-corrected chi connectivity index (χ2v) is 5.31. The highest BCUT2D eigenvalue weighted by atomic mass is 35.5. The molecule has 2 unspecified atom stereocenters. The van der Waals surface area contributed by atoms with Crippen molar-refractivity contribution in [2.24, 2.45) is 11.8 Å². The van der Waals surface area contributed by atoms with Crippen molar-refractivity contribution in [3.8, 4) is 0 Å². The Bertz CT molecular complexity index is 495. The van der Waals surface area contributed by atoms with Crippen LogP contribution in [-0.2, 0) is 16.1 Å². The Morgan fingerprint density at radius 2 is 1.94 bits per heavy atom. The van der Waals surface area contributed by atoms with E-state index in [9.17, 15) is 9.59 Å². The average Bonchev–Trinajstić information content (AvgIpc) is 2.90. The smallest absolute Gasteiger partial charge is 0.233 e. The first-order valence-corrected chi connectivity index (χ1v) is 6.50. The molecule has 18 heavy (non-hydrogen) atoms. The van der Waals surface area contributed by atoms with Crippen LogP contribution in [0.5, 0.6) is 0 Å². The fourth-order valence-electron chi connectivity index (χ4n) is 2.91. The topological polar surface area (TPSA) is 50.3 Å². The molecule has 94 valence electrons. The highest BCUT2D eigenvalue weighted by molar-refractivity contribution is 6.30. The van der Waals surface area contributed by atoms with Gasteiger partial charge in [-0.15, -0.1) is 0 Å². The van der Waals surface area contributed by atoms with Gasteiger partial charge in [0, 0.05) is 11.2 Å². The molecule has 0 N–H and O–H groups in total. The monoisotopic (exact) mass is 264 g/mol. The molecule has 2 heterocycles. The predicted molar refractivity (Wildman–Crippen MR) is 65.6 cm³/mol. The van der Waals surface area contributed by atoms with E-state index in [1.807, 2.05) is 0 Å². The van der Waals surface area contributed by atoms with Crippen LogP contribution in [0.3, 0.4) is 0 Å². The number of rotatable bonds is 2. The maximum Gasteiger partial charge on any atom is 0.233 e. The number of carbonyl (C=O) groups is 2. The quantitative estimate of drug-likeness (QED) is 0.768. The van der Waals surface area contributed by atoms with Crippen molar-refractivity contribution in [3.05, 3.63) is 29.0 Å². The first kappa shape index (κ1) is 11.7. The van der Waals surface area contributed by atoms with Crippen LogP contribution < -0.4 is 0 Å². The third-order valence-electron chi connectivity index (χ3n) is 3.78. The van der Waals surface area contributed by atoms with Gasteiger partial charge in [0.2, 0.25) is 11.8 Å². The molecule has 2 fully saturated rings. The molecular weight excluding hydrogens is 252 g/mol. The van der Waals surface area contributed by atoms with E-state index in [1.165, 1.54) is 4.90 Å². The highest BCUT2D eigenvalue weighted by Crippen LogP contribution is 2.40. The molecule has 0 spiro atoms. The normalized spacial score (nSPS) is 26.8. The summed E-state index contributed by atoms with van der Waals surface area (Å²) in [6, 6.07) is 3.36. The van der Waals surface area contributed by atoms with Crippen molar-refractivity contribution >= 4 is 23.4 Å². The summed E-state index contributed by atoms with van der Waals surface area (Å²) in [6.07, 6.45) is 4.25. The molecule has 1 aromatic rings. The van der Waals surface area contributed by atoms with Gasteiger partial charge in [-0.1, -0.05) is 18.0 Å². The first-order chi connectivity index (χ1) is 8.66. The third kappa shape index (κ3) is 1.81. The van der Waals surface area contributed by atoms with Gasteiger partial charge in [0.1, 0.15) is 0 Å². The molecule has 1 saturated carbocycles. The van der Waals surface area contributed by atoms with E-state index >= 15 is 0 Å². The maximum absolute atomic E-state index is 12.1. The molecule has 0 radical (unpaired) electrons. The van der Waals surface area contributed by atoms with Gasteiger partial charge in [0.05, 0.1) is 24.1 Å². The molecule has 0 bridgehead atoms. The third-order valence-corrected chi connectivity index (χ3v) is 4.02. The molecule has 5 heteroatoms. The summed E-state index contributed by atoms with van der Waals surface area (Å²) in [6.45, 7) is 0.241. The standard InChI is InChI=1S/C13H13ClN2O2/c14-8-4-5-15-9(6-8)7-16-12(17)10-2-1-3-11(10)13(16)18/h4-6,10-11H,1-3,7H2. The largest absolute Gasteiger partial charge is 0.276 e. The minimum Gasteiger partial charge on any atom is -0.276 e. The lowest BCUT2D eigenvalue weighted by Crippen LogP contribution is -2.31. The zero-order chi connectivity index (χ0) is 12.7. The van der Waals surface area contributed by atoms with E-state index in [-0.39, 0.29) is 30.2 Å². The number of carbonyl (C=O) groups excluding carboxylic acids is 2. The van der Waals surface area contributed by atoms with Crippen LogP contribution in [0.25, 0.3) is 0 Å². The second kappa shape index (κ2) is 4.35. The van der Waals surface area contributed by atoms with E-state index in [0.717, 1.165) is 19.3 Å². The maximum atomic E-state index is 12.1. The second-order valence-electron chi connectivity index (χ2n) is 4.87. The summed E-state index contributed by atoms with van der Waals surface area (Å²) in [7, 11) is 0. The summed E-state index contributed by atoms with van der Waals surface area (Å²) in [4.78, 5) is 29.7. The number of halogens is 1. The van der Waals surface area contributed by atoms with Crippen LogP contribution in [0.1, 0.15) is 25.0 Å². The minimum atomic E-state index is -0.0864. The van der Waals surface area contributed by atoms with Crippen LogP contribution in [0, 0.1) is 11.8 Å². The van der Waals surface area contributed by atoms with Gasteiger partial charge in [0.25, 0.3) is 0 Å². The van der Waals surface area contributed by atoms with Crippen molar-refractivity contribution in [1.29, 1.82) is 0 Å². The lowest BCUT2D eigenvalue weighted by atomic mass is 10.00. The zero-order valence-corrected chi connectivity index (χ0v) is 10.6. The molecule has 2 atom stereocenters. The molecule has 1 aliphatic carbocycles. The Labute approximate surface area is 110 Å². The molecular formula is C13H13ClN2O2. The van der Waals surface area contributed by atoms with Crippen LogP contribution >= 0.6 is 11.6 Å². The SMILES string of the molecule is O=C1C2CCCC2C(=O)N1Cc1cc(Cl)ccn1. The number of amides is 2. The first-order valence-electron chi connectivity index (χ1n) is 6.12. The Morgan fingerprint density at radius 3 is 2.56 bits per heavy atom. The van der Waals surface area contributed by atoms with E-state index in [2.05, 4.69) is 4.98 Å². The molecule has 0 aromatic carbocycles. The summed E-state index contributed by atoms with van der Waals surface area (Å²) in [5.74, 6) is -0.248. The van der Waals surface area contributed by atoms with Gasteiger partial charge in [-0.3, -0.25) is 19.5 Å². The molecule has 4 nitrogen and oxygen atoms in total. The minimum absolute atomic E-state index is 0.0377. The number of nitrogens with zero attached hydrogens (tertiary/aromatic N) is 2. The van der Waals surface area contributed by atoms with E-state index in [1.54, 1.807) is 18.3 Å². The van der Waals surface area contributed by atoms with Gasteiger partial charge in [-0.05, 0) is 25.0 Å². The number of aromatic nitrogens is 1. The van der Waals surface area contributed by atoms with Crippen molar-refractivity contribution in [2.75, 3.05) is 0 Å². The van der Waals surface area contributed by atoms with Crippen LogP contribution in [-0.4, -0.2) is 21.7 Å². The van der Waals surface area contributed by atoms with Gasteiger partial charge in [-0.2, -0.15) is 0 Å². The predicted octanol–water partition coefficient (Wildman–Crippen LogP) is 2.02. The van der Waals surface area contributed by atoms with Crippen molar-refractivity contribution < 1.29 is 9.59 Å². The molecule has 1 aliphatic heterocycles. The number of imide groups is 1. The Morgan fingerprint density at radius 1 is 1.28 bits per heavy atom. The summed E-state index contributed by atoms with van der Waals surface area (Å²) in [5.41, 5.74) is 0.657. The fourth-order valence-corrected chi connectivity index (χ4v) is 3.10. The molecule has 2 amide bonds. The van der Waals surface area contributed by atoms with E-state index < -0.39 is 0 Å². The van der Waals surface area contributed by atoms with Crippen LogP contribution in [0.4, 0.5) is 0 Å². The Balaban J connectivity index is 1.81. The number of likely N-dealkylation sites (tertiary alicyclic amines) is 1. The number of pyridine rings is 1. The molecule has 1 aromatic heterocycles. The van der Waals surface area contributed by atoms with Crippen LogP contribution in [0.15, 0.2) is 18.3 Å². The number of hydrogen-bond acceptors (Lipinski definition) is 3. The van der Waals surface area contributed by atoms with Crippen molar-refractivity contribution in [2.45, 2.75) is 25.8 Å². The van der Waals surface area contributed by atoms with Gasteiger partial charge in [-0.25, -0.2) is 0 Å². The molecule has 1 saturated heterocycles. The Kier molecular flexibility index (Phi) is 2.82. The van der Waals surface area contributed by atoms with Crippen LogP contribution in [0.2, 0.25) is 5.02 Å². The average molecular weight is 265 g/mol. The fraction of sp³-hybridized carbons (Fsp3) is 0.462. The van der Waals surface area contributed by atoms with E-state index in [4.69, 9.17) is 11.6 Å². The number of hydrogen-bond donors (Lipinski definition) is 0.